The molecule has 2 aromatic carbocycles. The van der Waals surface area contributed by atoms with Gasteiger partial charge in [-0.1, -0.05) is 27.7 Å². The molecule has 1 aliphatic rings. The lowest BCUT2D eigenvalue weighted by Crippen LogP contribution is -2.33. The summed E-state index contributed by atoms with van der Waals surface area (Å²) in [5.41, 5.74) is 4.92. The van der Waals surface area contributed by atoms with Gasteiger partial charge in [0.1, 0.15) is 11.2 Å². The van der Waals surface area contributed by atoms with Crippen LogP contribution < -0.4 is 5.46 Å². The molecule has 0 spiro atoms. The normalized spacial score (nSPS) is 18.5. The number of thiol groups is 1. The highest BCUT2D eigenvalue weighted by Crippen LogP contribution is 2.48. The molecule has 3 nitrogen and oxygen atoms in total. The highest BCUT2D eigenvalue weighted by Gasteiger charge is 2.37. The number of fused-ring (bicyclic) bond motifs is 4. The molecular weight excluding hydrogens is 331 g/mol. The van der Waals surface area contributed by atoms with E-state index in [9.17, 15) is 10.0 Å². The lowest BCUT2D eigenvalue weighted by Gasteiger charge is -2.41. The Morgan fingerprint density at radius 2 is 1.40 bits per heavy atom. The molecule has 0 radical (unpaired) electrons. The van der Waals surface area contributed by atoms with E-state index in [1.165, 1.54) is 11.1 Å². The maximum Gasteiger partial charge on any atom is 0.489 e. The van der Waals surface area contributed by atoms with Crippen LogP contribution in [0.25, 0.3) is 21.9 Å². The molecular formula is C20H23BO3S. The maximum atomic E-state index is 9.59. The number of rotatable bonds is 1. The van der Waals surface area contributed by atoms with Crippen molar-refractivity contribution < 1.29 is 14.5 Å². The smallest absolute Gasteiger partial charge is 0.456 e. The highest BCUT2D eigenvalue weighted by molar-refractivity contribution is 7.80. The molecule has 25 heavy (non-hydrogen) atoms. The summed E-state index contributed by atoms with van der Waals surface area (Å²) in [4.78, 5) is 0.520. The first-order valence-corrected chi connectivity index (χ1v) is 9.15. The van der Waals surface area contributed by atoms with Crippen LogP contribution in [-0.4, -0.2) is 17.2 Å². The molecule has 0 fully saturated rings. The molecule has 0 amide bonds. The lowest BCUT2D eigenvalue weighted by atomic mass is 9.63. The Balaban J connectivity index is 2.08. The van der Waals surface area contributed by atoms with E-state index in [0.29, 0.717) is 10.4 Å². The first-order valence-electron chi connectivity index (χ1n) is 8.70. The summed E-state index contributed by atoms with van der Waals surface area (Å²) >= 11 is 4.36. The zero-order chi connectivity index (χ0) is 18.1. The van der Waals surface area contributed by atoms with Gasteiger partial charge < -0.3 is 14.5 Å². The van der Waals surface area contributed by atoms with Gasteiger partial charge in [-0.25, -0.2) is 0 Å². The number of hydrogen-bond acceptors (Lipinski definition) is 4. The minimum absolute atomic E-state index is 0.117. The summed E-state index contributed by atoms with van der Waals surface area (Å²) in [5.74, 6) is 0. The van der Waals surface area contributed by atoms with Crippen LogP contribution in [0.4, 0.5) is 0 Å². The maximum absolute atomic E-state index is 9.59. The first-order chi connectivity index (χ1) is 11.6. The fourth-order valence-corrected chi connectivity index (χ4v) is 4.39. The minimum Gasteiger partial charge on any atom is -0.456 e. The van der Waals surface area contributed by atoms with Gasteiger partial charge in [-0.15, -0.1) is 12.6 Å². The number of furan rings is 1. The van der Waals surface area contributed by atoms with Gasteiger partial charge in [0.25, 0.3) is 0 Å². The SMILES string of the molecule is CC1(C)CCC(C)(C)c2cc3c(cc21)oc1cc(S)c(B(O)O)cc13. The standard InChI is InChI=1S/C20H23BO3S/c1-19(2)5-6-20(3,4)14-9-16-11(7-13(14)19)12-8-15(21(22)23)18(25)10-17(12)24-16/h7-10,22-23,25H,5-6H2,1-4H3. The zero-order valence-corrected chi connectivity index (χ0v) is 15.9. The van der Waals surface area contributed by atoms with Crippen molar-refractivity contribution in [2.45, 2.75) is 56.3 Å². The first kappa shape index (κ1) is 17.0. The lowest BCUT2D eigenvalue weighted by molar-refractivity contribution is 0.332. The fraction of sp³-hybridized carbons (Fsp3) is 0.400. The molecule has 0 unspecified atom stereocenters. The molecule has 0 saturated carbocycles. The molecule has 0 saturated heterocycles. The molecule has 1 aliphatic carbocycles. The second kappa shape index (κ2) is 5.29. The van der Waals surface area contributed by atoms with Crippen molar-refractivity contribution in [2.24, 2.45) is 0 Å². The van der Waals surface area contributed by atoms with Crippen molar-refractivity contribution in [3.63, 3.8) is 0 Å². The van der Waals surface area contributed by atoms with Gasteiger partial charge in [0.05, 0.1) is 0 Å². The molecule has 5 heteroatoms. The predicted octanol–water partition coefficient (Wildman–Crippen LogP) is 3.90. The summed E-state index contributed by atoms with van der Waals surface area (Å²) < 4.78 is 6.08. The van der Waals surface area contributed by atoms with E-state index < -0.39 is 7.12 Å². The number of hydrogen-bond donors (Lipinski definition) is 3. The quantitative estimate of drug-likeness (QED) is 0.459. The molecule has 130 valence electrons. The van der Waals surface area contributed by atoms with E-state index in [0.717, 1.165) is 34.8 Å². The topological polar surface area (TPSA) is 53.6 Å². The second-order valence-electron chi connectivity index (χ2n) is 8.54. The Morgan fingerprint density at radius 1 is 0.880 bits per heavy atom. The van der Waals surface area contributed by atoms with Gasteiger partial charge in [-0.05, 0) is 64.5 Å². The van der Waals surface area contributed by atoms with Crippen molar-refractivity contribution in [1.82, 2.24) is 0 Å². The largest absolute Gasteiger partial charge is 0.489 e. The van der Waals surface area contributed by atoms with Crippen molar-refractivity contribution in [2.75, 3.05) is 0 Å². The van der Waals surface area contributed by atoms with Gasteiger partial charge in [0.2, 0.25) is 0 Å². The Hall–Kier alpha value is -1.43. The molecule has 4 rings (SSSR count). The third-order valence-electron chi connectivity index (χ3n) is 5.87. The predicted molar refractivity (Wildman–Crippen MR) is 106 cm³/mol. The second-order valence-corrected chi connectivity index (χ2v) is 9.03. The van der Waals surface area contributed by atoms with Crippen molar-refractivity contribution >= 4 is 47.1 Å². The third-order valence-corrected chi connectivity index (χ3v) is 6.26. The van der Waals surface area contributed by atoms with Crippen LogP contribution in [0.5, 0.6) is 0 Å². The molecule has 0 atom stereocenters. The van der Waals surface area contributed by atoms with Crippen LogP contribution in [0, 0.1) is 0 Å². The molecule has 0 bridgehead atoms. The van der Waals surface area contributed by atoms with Crippen LogP contribution in [0.15, 0.2) is 33.6 Å². The summed E-state index contributed by atoms with van der Waals surface area (Å²) in [7, 11) is -1.55. The van der Waals surface area contributed by atoms with Crippen molar-refractivity contribution in [1.29, 1.82) is 0 Å². The minimum atomic E-state index is -1.55. The van der Waals surface area contributed by atoms with E-state index >= 15 is 0 Å². The molecule has 1 heterocycles. The van der Waals surface area contributed by atoms with E-state index in [4.69, 9.17) is 4.42 Å². The van der Waals surface area contributed by atoms with E-state index in [1.807, 2.05) is 0 Å². The average Bonchev–Trinajstić information content (AvgIpc) is 2.86. The number of benzene rings is 2. The summed E-state index contributed by atoms with van der Waals surface area (Å²) in [6, 6.07) is 7.96. The Morgan fingerprint density at radius 3 is 2.00 bits per heavy atom. The van der Waals surface area contributed by atoms with Crippen LogP contribution in [0.1, 0.15) is 51.7 Å². The zero-order valence-electron chi connectivity index (χ0n) is 15.1. The van der Waals surface area contributed by atoms with Crippen LogP contribution in [0.2, 0.25) is 0 Å². The van der Waals surface area contributed by atoms with Gasteiger partial charge in [0, 0.05) is 15.7 Å². The van der Waals surface area contributed by atoms with Crippen LogP contribution >= 0.6 is 12.6 Å². The average molecular weight is 354 g/mol. The molecule has 3 aromatic rings. The van der Waals surface area contributed by atoms with Gasteiger partial charge in [-0.3, -0.25) is 0 Å². The highest BCUT2D eigenvalue weighted by atomic mass is 32.1. The summed E-state index contributed by atoms with van der Waals surface area (Å²) in [5, 5.41) is 21.1. The fourth-order valence-electron chi connectivity index (χ4n) is 4.09. The molecule has 0 aliphatic heterocycles. The van der Waals surface area contributed by atoms with E-state index in [-0.39, 0.29) is 10.8 Å². The van der Waals surface area contributed by atoms with Gasteiger partial charge >= 0.3 is 7.12 Å². The van der Waals surface area contributed by atoms with Gasteiger partial charge in [0.15, 0.2) is 0 Å². The van der Waals surface area contributed by atoms with Crippen LogP contribution in [0.3, 0.4) is 0 Å². The summed E-state index contributed by atoms with van der Waals surface area (Å²) in [6.45, 7) is 9.18. The Bertz CT molecular complexity index is 1000. The Kier molecular flexibility index (Phi) is 3.60. The molecule has 1 aromatic heterocycles. The van der Waals surface area contributed by atoms with E-state index in [2.05, 4.69) is 52.5 Å². The van der Waals surface area contributed by atoms with E-state index in [1.54, 1.807) is 12.1 Å². The van der Waals surface area contributed by atoms with Crippen molar-refractivity contribution in [3.8, 4) is 0 Å². The third kappa shape index (κ3) is 2.52. The summed E-state index contributed by atoms with van der Waals surface area (Å²) in [6.07, 6.45) is 2.30. The van der Waals surface area contributed by atoms with Crippen molar-refractivity contribution in [3.05, 3.63) is 35.4 Å². The monoisotopic (exact) mass is 354 g/mol. The Labute approximate surface area is 153 Å². The van der Waals surface area contributed by atoms with Gasteiger partial charge in [-0.2, -0.15) is 0 Å². The molecule has 2 N–H and O–H groups in total. The van der Waals surface area contributed by atoms with Crippen LogP contribution in [-0.2, 0) is 10.8 Å².